The van der Waals surface area contributed by atoms with Gasteiger partial charge in [0.15, 0.2) is 11.5 Å². The molecule has 0 saturated carbocycles. The number of carbonyl (C=O) groups excluding carboxylic acids is 1. The monoisotopic (exact) mass is 483 g/mol. The summed E-state index contributed by atoms with van der Waals surface area (Å²) in [6.45, 7) is 1.91. The molecule has 1 atom stereocenters. The molecular weight excluding hydrogens is 461 g/mol. The fourth-order valence-corrected chi connectivity index (χ4v) is 3.58. The van der Waals surface area contributed by atoms with E-state index in [0.29, 0.717) is 22.8 Å². The molecule has 36 heavy (non-hydrogen) atoms. The van der Waals surface area contributed by atoms with Crippen LogP contribution in [0.5, 0.6) is 11.5 Å². The first-order valence-corrected chi connectivity index (χ1v) is 11.0. The van der Waals surface area contributed by atoms with Gasteiger partial charge in [0.05, 0.1) is 18.8 Å². The summed E-state index contributed by atoms with van der Waals surface area (Å²) in [5.74, 6) is -0.232. The Morgan fingerprint density at radius 1 is 1.08 bits per heavy atom. The van der Waals surface area contributed by atoms with Gasteiger partial charge in [-0.25, -0.2) is 14.4 Å². The van der Waals surface area contributed by atoms with Crippen molar-refractivity contribution < 1.29 is 19.0 Å². The van der Waals surface area contributed by atoms with E-state index in [1.807, 2.05) is 19.1 Å². The first-order valence-electron chi connectivity index (χ1n) is 11.0. The number of aromatic nitrogens is 2. The number of rotatable bonds is 7. The van der Waals surface area contributed by atoms with Crippen LogP contribution in [0.25, 0.3) is 11.3 Å². The number of benzene rings is 3. The van der Waals surface area contributed by atoms with E-state index in [9.17, 15) is 19.6 Å². The van der Waals surface area contributed by atoms with Gasteiger partial charge in [-0.1, -0.05) is 18.2 Å². The molecule has 0 fully saturated rings. The van der Waals surface area contributed by atoms with Crippen LogP contribution >= 0.6 is 0 Å². The average molecular weight is 484 g/mol. The third kappa shape index (κ3) is 5.56. The molecule has 4 aromatic rings. The number of methoxy groups -OCH3 is 1. The Kier molecular flexibility index (Phi) is 7.07. The van der Waals surface area contributed by atoms with E-state index in [2.05, 4.69) is 20.6 Å². The Morgan fingerprint density at radius 2 is 1.89 bits per heavy atom. The highest BCUT2D eigenvalue weighted by Gasteiger charge is 2.14. The zero-order chi connectivity index (χ0) is 25.7. The average Bonchev–Trinajstić information content (AvgIpc) is 2.88. The number of phenols is 1. The van der Waals surface area contributed by atoms with Crippen LogP contribution in [0.15, 0.2) is 72.8 Å². The summed E-state index contributed by atoms with van der Waals surface area (Å²) < 4.78 is 18.6. The van der Waals surface area contributed by atoms with Gasteiger partial charge < -0.3 is 20.5 Å². The Bertz CT molecular complexity index is 1470. The van der Waals surface area contributed by atoms with Crippen molar-refractivity contribution in [2.75, 3.05) is 17.7 Å². The highest BCUT2D eigenvalue weighted by atomic mass is 19.1. The molecule has 0 saturated heterocycles. The van der Waals surface area contributed by atoms with Crippen LogP contribution in [0, 0.1) is 17.1 Å². The van der Waals surface area contributed by atoms with Crippen molar-refractivity contribution in [2.45, 2.75) is 13.0 Å². The predicted molar refractivity (Wildman–Crippen MR) is 133 cm³/mol. The number of nitrogens with one attached hydrogen (secondary N) is 2. The predicted octanol–water partition coefficient (Wildman–Crippen LogP) is 5.29. The second kappa shape index (κ2) is 10.5. The minimum atomic E-state index is -0.485. The van der Waals surface area contributed by atoms with Crippen LogP contribution in [-0.4, -0.2) is 28.1 Å². The zero-order valence-electron chi connectivity index (χ0n) is 19.5. The summed E-state index contributed by atoms with van der Waals surface area (Å²) in [5, 5.41) is 25.3. The molecule has 0 spiro atoms. The molecule has 0 bridgehead atoms. The number of carbonyl (C=O) groups is 1. The lowest BCUT2D eigenvalue weighted by Gasteiger charge is -2.17. The molecular formula is C27H22FN5O3. The van der Waals surface area contributed by atoms with Crippen LogP contribution in [0.2, 0.25) is 0 Å². The first-order chi connectivity index (χ1) is 17.4. The number of nitrogens with zero attached hydrogens (tertiary/aromatic N) is 3. The molecule has 3 N–H and O–H groups in total. The second-order valence-corrected chi connectivity index (χ2v) is 7.92. The van der Waals surface area contributed by atoms with Crippen molar-refractivity contribution >= 4 is 17.4 Å². The van der Waals surface area contributed by atoms with Crippen LogP contribution in [-0.2, 0) is 0 Å². The van der Waals surface area contributed by atoms with E-state index in [1.54, 1.807) is 36.4 Å². The van der Waals surface area contributed by atoms with E-state index in [0.717, 1.165) is 5.56 Å². The summed E-state index contributed by atoms with van der Waals surface area (Å²) in [7, 11) is 1.45. The number of phenolic OH excluding ortho intramolecular Hbond substituents is 1. The van der Waals surface area contributed by atoms with Gasteiger partial charge in [-0.3, -0.25) is 4.79 Å². The third-order valence-corrected chi connectivity index (χ3v) is 5.40. The minimum Gasteiger partial charge on any atom is -0.504 e. The number of halogens is 1. The number of anilines is 2. The fourth-order valence-electron chi connectivity index (χ4n) is 3.58. The van der Waals surface area contributed by atoms with Gasteiger partial charge in [0.2, 0.25) is 5.82 Å². The van der Waals surface area contributed by atoms with E-state index in [1.165, 1.54) is 37.4 Å². The van der Waals surface area contributed by atoms with Gasteiger partial charge in [0.1, 0.15) is 17.7 Å². The van der Waals surface area contributed by atoms with Gasteiger partial charge in [-0.15, -0.1) is 0 Å². The Morgan fingerprint density at radius 3 is 2.64 bits per heavy atom. The van der Waals surface area contributed by atoms with Gasteiger partial charge in [-0.05, 0) is 61.0 Å². The van der Waals surface area contributed by atoms with E-state index in [-0.39, 0.29) is 28.9 Å². The fraction of sp³-hybridized carbons (Fsp3) is 0.111. The number of hydrogen-bond acceptors (Lipinski definition) is 7. The normalized spacial score (nSPS) is 11.3. The van der Waals surface area contributed by atoms with Gasteiger partial charge in [0, 0.05) is 22.9 Å². The lowest BCUT2D eigenvalue weighted by atomic mass is 10.1. The van der Waals surface area contributed by atoms with Crippen LogP contribution in [0.1, 0.15) is 34.7 Å². The Hall–Kier alpha value is -4.97. The summed E-state index contributed by atoms with van der Waals surface area (Å²) in [6.07, 6.45) is 0. The summed E-state index contributed by atoms with van der Waals surface area (Å²) in [6, 6.07) is 20.9. The van der Waals surface area contributed by atoms with Crippen LogP contribution in [0.3, 0.4) is 0 Å². The van der Waals surface area contributed by atoms with E-state index in [4.69, 9.17) is 4.74 Å². The third-order valence-electron chi connectivity index (χ3n) is 5.40. The highest BCUT2D eigenvalue weighted by molar-refractivity contribution is 6.04. The summed E-state index contributed by atoms with van der Waals surface area (Å²) in [4.78, 5) is 21.0. The molecule has 9 heteroatoms. The maximum Gasteiger partial charge on any atom is 0.255 e. The molecule has 1 heterocycles. The van der Waals surface area contributed by atoms with Crippen LogP contribution < -0.4 is 15.4 Å². The van der Waals surface area contributed by atoms with E-state index >= 15 is 0 Å². The smallest absolute Gasteiger partial charge is 0.255 e. The Labute approximate surface area is 207 Å². The van der Waals surface area contributed by atoms with Crippen molar-refractivity contribution in [1.29, 1.82) is 5.26 Å². The molecule has 180 valence electrons. The first kappa shape index (κ1) is 24.2. The van der Waals surface area contributed by atoms with Crippen molar-refractivity contribution in [1.82, 2.24) is 9.97 Å². The lowest BCUT2D eigenvalue weighted by molar-refractivity contribution is 0.102. The van der Waals surface area contributed by atoms with Crippen LogP contribution in [0.4, 0.5) is 15.9 Å². The molecule has 1 aromatic heterocycles. The molecule has 0 aliphatic carbocycles. The van der Waals surface area contributed by atoms with Gasteiger partial charge >= 0.3 is 0 Å². The number of ether oxygens (including phenoxy) is 1. The quantitative estimate of drug-likeness (QED) is 0.326. The zero-order valence-corrected chi connectivity index (χ0v) is 19.5. The molecule has 0 aliphatic heterocycles. The molecule has 0 radical (unpaired) electrons. The second-order valence-electron chi connectivity index (χ2n) is 7.92. The molecule has 3 aromatic carbocycles. The number of amides is 1. The molecule has 4 rings (SSSR count). The maximum atomic E-state index is 13.5. The molecule has 1 amide bonds. The van der Waals surface area contributed by atoms with Crippen molar-refractivity contribution in [3.63, 3.8) is 0 Å². The highest BCUT2D eigenvalue weighted by Crippen LogP contribution is 2.32. The SMILES string of the molecule is COc1cc(-c2cc(NC(C)c3cccc(NC(=O)c4cccc(F)c4)c3)nc(C#N)n2)ccc1O. The molecule has 8 nitrogen and oxygen atoms in total. The minimum absolute atomic E-state index is 0.00726. The largest absolute Gasteiger partial charge is 0.504 e. The van der Waals surface area contributed by atoms with Gasteiger partial charge in [-0.2, -0.15) is 5.26 Å². The number of aromatic hydroxyl groups is 1. The lowest BCUT2D eigenvalue weighted by Crippen LogP contribution is -2.13. The van der Waals surface area contributed by atoms with Crippen molar-refractivity contribution in [3.05, 3.63) is 95.6 Å². The van der Waals surface area contributed by atoms with Crippen molar-refractivity contribution in [3.8, 4) is 28.8 Å². The molecule has 1 unspecified atom stereocenters. The summed E-state index contributed by atoms with van der Waals surface area (Å²) in [5.41, 5.74) is 2.73. The molecule has 0 aliphatic rings. The maximum absolute atomic E-state index is 13.5. The van der Waals surface area contributed by atoms with Gasteiger partial charge in [0.25, 0.3) is 5.91 Å². The van der Waals surface area contributed by atoms with Crippen molar-refractivity contribution in [2.24, 2.45) is 0 Å². The number of nitriles is 1. The number of hydrogen-bond donors (Lipinski definition) is 3. The van der Waals surface area contributed by atoms with E-state index < -0.39 is 11.7 Å². The Balaban J connectivity index is 1.55. The standard InChI is InChI=1S/C27H22FN5O3/c1-16(17-5-4-8-21(12-17)31-27(35)19-6-3-7-20(28)11-19)30-25-14-22(32-26(15-29)33-25)18-9-10-23(34)24(13-18)36-2/h3-14,16,34H,1-2H3,(H,31,35)(H,30,32,33). The summed E-state index contributed by atoms with van der Waals surface area (Å²) >= 11 is 0. The topological polar surface area (TPSA) is 120 Å².